The number of para-hydroxylation sites is 1. The zero-order chi connectivity index (χ0) is 30.4. The van der Waals surface area contributed by atoms with Gasteiger partial charge in [0, 0.05) is 31.0 Å². The average Bonchev–Trinajstić information content (AvgIpc) is 3.31. The Morgan fingerprint density at radius 3 is 2.09 bits per heavy atom. The number of likely N-dealkylation sites (N-methyl/N-ethyl adjacent to an activating group) is 1. The molecule has 0 aliphatic heterocycles. The van der Waals surface area contributed by atoms with E-state index in [-0.39, 0.29) is 23.2 Å². The Morgan fingerprint density at radius 1 is 0.884 bits per heavy atom. The van der Waals surface area contributed by atoms with Crippen LogP contribution in [-0.4, -0.2) is 66.0 Å². The minimum atomic E-state index is -3.72. The summed E-state index contributed by atoms with van der Waals surface area (Å²) in [4.78, 5) is 2.51. The molecule has 1 aromatic heterocycles. The molecule has 0 unspecified atom stereocenters. The Bertz CT molecular complexity index is 1590. The summed E-state index contributed by atoms with van der Waals surface area (Å²) in [5.74, 6) is 2.60. The molecule has 4 aromatic rings. The molecule has 0 aliphatic carbocycles. The lowest BCUT2D eigenvalue weighted by atomic mass is 10.0. The number of halogens is 1. The summed E-state index contributed by atoms with van der Waals surface area (Å²) in [5.41, 5.74) is 2.86. The lowest BCUT2D eigenvalue weighted by Crippen LogP contribution is -2.23. The number of benzene rings is 3. The molecule has 3 aromatic carbocycles. The van der Waals surface area contributed by atoms with Gasteiger partial charge in [0.15, 0.2) is 11.5 Å². The summed E-state index contributed by atoms with van der Waals surface area (Å²) in [5, 5.41) is 1.32. The van der Waals surface area contributed by atoms with Crippen molar-refractivity contribution in [2.24, 2.45) is 7.05 Å². The van der Waals surface area contributed by atoms with Gasteiger partial charge in [-0.2, -0.15) is 0 Å². The highest BCUT2D eigenvalue weighted by molar-refractivity contribution is 7.91. The van der Waals surface area contributed by atoms with Gasteiger partial charge in [0.05, 0.1) is 32.8 Å². The maximum Gasteiger partial charge on any atom is 0.222 e. The molecular weight excluding hydrogens is 588 g/mol. The Labute approximate surface area is 261 Å². The van der Waals surface area contributed by atoms with Crippen LogP contribution < -0.4 is 18.9 Å². The lowest BCUT2D eigenvalue weighted by molar-refractivity contribution is 0.263. The number of aryl methyl sites for hydroxylation is 1. The molecule has 10 heteroatoms. The number of ether oxygens (including phenoxy) is 4. The fraction of sp³-hybridized carbons (Fsp3) is 0.394. The molecule has 0 radical (unpaired) electrons. The molecule has 43 heavy (non-hydrogen) atoms. The number of nitrogens with zero attached hydrogens (tertiary/aromatic N) is 2. The Balaban J connectivity index is 0.00000506. The molecule has 0 aliphatic rings. The van der Waals surface area contributed by atoms with Crippen molar-refractivity contribution in [2.75, 3.05) is 48.1 Å². The Kier molecular flexibility index (Phi) is 11.8. The van der Waals surface area contributed by atoms with Crippen LogP contribution in [0.1, 0.15) is 37.3 Å². The minimum absolute atomic E-state index is 0. The second-order valence-corrected chi connectivity index (χ2v) is 12.6. The van der Waals surface area contributed by atoms with Crippen molar-refractivity contribution >= 4 is 33.1 Å². The molecule has 0 saturated carbocycles. The molecule has 0 amide bonds. The van der Waals surface area contributed by atoms with Crippen molar-refractivity contribution in [3.8, 4) is 23.0 Å². The second kappa shape index (κ2) is 14.9. The largest absolute Gasteiger partial charge is 0.494 e. The van der Waals surface area contributed by atoms with Crippen LogP contribution in [0.25, 0.3) is 10.9 Å². The normalized spacial score (nSPS) is 11.6. The van der Waals surface area contributed by atoms with Crippen molar-refractivity contribution in [2.45, 2.75) is 42.5 Å². The number of aromatic nitrogens is 1. The molecular formula is C33H43ClN2O6S. The highest BCUT2D eigenvalue weighted by Crippen LogP contribution is 2.39. The van der Waals surface area contributed by atoms with E-state index in [0.717, 1.165) is 48.0 Å². The summed E-state index contributed by atoms with van der Waals surface area (Å²) in [7, 11) is 5.01. The number of sulfone groups is 1. The summed E-state index contributed by atoms with van der Waals surface area (Å²) in [6.45, 7) is 6.31. The summed E-state index contributed by atoms with van der Waals surface area (Å²) >= 11 is 0. The Morgan fingerprint density at radius 2 is 1.51 bits per heavy atom. The van der Waals surface area contributed by atoms with E-state index in [1.165, 1.54) is 0 Å². The number of methoxy groups -OCH3 is 3. The number of hydrogen-bond donors (Lipinski definition) is 0. The SMILES string of the molecule is COc1cc(CCN(C)CCCOc2ccc(S(=O)(=O)c3c(C(C)C)c4ccccc4n3C)cc2)cc(OC)c1OC.Cl. The third kappa shape index (κ3) is 7.40. The van der Waals surface area contributed by atoms with Gasteiger partial charge in [0.1, 0.15) is 10.8 Å². The van der Waals surface area contributed by atoms with Crippen LogP contribution in [0.4, 0.5) is 0 Å². The minimum Gasteiger partial charge on any atom is -0.494 e. The van der Waals surface area contributed by atoms with Gasteiger partial charge in [-0.3, -0.25) is 0 Å². The summed E-state index contributed by atoms with van der Waals surface area (Å²) < 4.78 is 51.6. The van der Waals surface area contributed by atoms with Crippen LogP contribution >= 0.6 is 12.4 Å². The molecule has 1 heterocycles. The maximum absolute atomic E-state index is 13.8. The third-order valence-electron chi connectivity index (χ3n) is 7.52. The van der Waals surface area contributed by atoms with E-state index >= 15 is 0 Å². The monoisotopic (exact) mass is 630 g/mol. The van der Waals surface area contributed by atoms with Crippen molar-refractivity contribution in [1.29, 1.82) is 0 Å². The van der Waals surface area contributed by atoms with Crippen LogP contribution in [0, 0.1) is 0 Å². The van der Waals surface area contributed by atoms with Crippen LogP contribution in [0.3, 0.4) is 0 Å². The van der Waals surface area contributed by atoms with E-state index in [4.69, 9.17) is 18.9 Å². The van der Waals surface area contributed by atoms with Crippen LogP contribution in [-0.2, 0) is 23.3 Å². The predicted octanol–water partition coefficient (Wildman–Crippen LogP) is 6.53. The standard InChI is InChI=1S/C33H42N2O6S.ClH/c1-23(2)31-27-11-8-9-12-28(27)35(4)33(31)42(36,37)26-15-13-25(14-16-26)41-20-10-18-34(3)19-17-24-21-29(38-5)32(40-7)30(22-24)39-6;/h8-9,11-16,21-23H,10,17-20H2,1-7H3;1H. The number of hydrogen-bond acceptors (Lipinski definition) is 7. The molecule has 0 saturated heterocycles. The van der Waals surface area contributed by atoms with E-state index in [1.807, 2.05) is 57.3 Å². The van der Waals surface area contributed by atoms with Crippen LogP contribution in [0.15, 0.2) is 70.6 Å². The maximum atomic E-state index is 13.8. The van der Waals surface area contributed by atoms with Gasteiger partial charge in [-0.1, -0.05) is 32.0 Å². The molecule has 234 valence electrons. The topological polar surface area (TPSA) is 79.2 Å². The fourth-order valence-electron chi connectivity index (χ4n) is 5.34. The summed E-state index contributed by atoms with van der Waals surface area (Å²) in [6, 6.07) is 18.5. The van der Waals surface area contributed by atoms with Gasteiger partial charge in [-0.25, -0.2) is 8.42 Å². The lowest BCUT2D eigenvalue weighted by Gasteiger charge is -2.18. The van der Waals surface area contributed by atoms with E-state index in [1.54, 1.807) is 50.2 Å². The second-order valence-electron chi connectivity index (χ2n) is 10.7. The molecule has 0 N–H and O–H groups in total. The van der Waals surface area contributed by atoms with E-state index < -0.39 is 9.84 Å². The first-order chi connectivity index (χ1) is 20.1. The van der Waals surface area contributed by atoms with Crippen molar-refractivity contribution in [1.82, 2.24) is 9.47 Å². The predicted molar refractivity (Wildman–Crippen MR) is 174 cm³/mol. The number of fused-ring (bicyclic) bond motifs is 1. The van der Waals surface area contributed by atoms with Crippen molar-refractivity contribution in [3.63, 3.8) is 0 Å². The Hall–Kier alpha value is -3.40. The van der Waals surface area contributed by atoms with Gasteiger partial charge >= 0.3 is 0 Å². The first-order valence-electron chi connectivity index (χ1n) is 14.1. The number of rotatable bonds is 14. The van der Waals surface area contributed by atoms with Gasteiger partial charge in [-0.05, 0) is 79.4 Å². The van der Waals surface area contributed by atoms with E-state index in [2.05, 4.69) is 11.9 Å². The molecule has 0 spiro atoms. The molecule has 0 fully saturated rings. The summed E-state index contributed by atoms with van der Waals surface area (Å²) in [6.07, 6.45) is 1.67. The smallest absolute Gasteiger partial charge is 0.222 e. The average molecular weight is 631 g/mol. The first kappa shape index (κ1) is 34.1. The first-order valence-corrected chi connectivity index (χ1v) is 15.6. The van der Waals surface area contributed by atoms with Crippen LogP contribution in [0.5, 0.6) is 23.0 Å². The van der Waals surface area contributed by atoms with E-state index in [9.17, 15) is 8.42 Å². The van der Waals surface area contributed by atoms with Gasteiger partial charge in [0.2, 0.25) is 15.6 Å². The molecule has 4 rings (SSSR count). The van der Waals surface area contributed by atoms with Crippen LogP contribution in [0.2, 0.25) is 0 Å². The van der Waals surface area contributed by atoms with Crippen molar-refractivity contribution in [3.05, 3.63) is 71.8 Å². The highest BCUT2D eigenvalue weighted by Gasteiger charge is 2.29. The zero-order valence-corrected chi connectivity index (χ0v) is 27.7. The quantitative estimate of drug-likeness (QED) is 0.147. The third-order valence-corrected chi connectivity index (χ3v) is 9.41. The fourth-order valence-corrected chi connectivity index (χ4v) is 7.16. The molecule has 0 bridgehead atoms. The molecule has 0 atom stereocenters. The van der Waals surface area contributed by atoms with Gasteiger partial charge in [-0.15, -0.1) is 12.4 Å². The van der Waals surface area contributed by atoms with E-state index in [0.29, 0.717) is 34.6 Å². The van der Waals surface area contributed by atoms with Gasteiger partial charge < -0.3 is 28.4 Å². The van der Waals surface area contributed by atoms with Gasteiger partial charge in [0.25, 0.3) is 0 Å². The van der Waals surface area contributed by atoms with Crippen molar-refractivity contribution < 1.29 is 27.4 Å². The zero-order valence-electron chi connectivity index (χ0n) is 26.0. The highest BCUT2D eigenvalue weighted by atomic mass is 35.5. The molecule has 8 nitrogen and oxygen atoms in total.